The number of nitrogens with zero attached hydrogens (tertiary/aromatic N) is 3. The molecule has 0 spiro atoms. The van der Waals surface area contributed by atoms with Crippen molar-refractivity contribution in [2.45, 2.75) is 19.6 Å². The van der Waals surface area contributed by atoms with Crippen LogP contribution in [-0.2, 0) is 6.54 Å². The molecule has 0 aliphatic carbocycles. The summed E-state index contributed by atoms with van der Waals surface area (Å²) in [5.41, 5.74) is 1.67. The molecule has 1 atom stereocenters. The molecule has 18 heavy (non-hydrogen) atoms. The van der Waals surface area contributed by atoms with E-state index < -0.39 is 0 Å². The van der Waals surface area contributed by atoms with E-state index in [9.17, 15) is 4.39 Å². The van der Waals surface area contributed by atoms with E-state index in [-0.39, 0.29) is 11.9 Å². The highest BCUT2D eigenvalue weighted by molar-refractivity contribution is 7.03. The summed E-state index contributed by atoms with van der Waals surface area (Å²) < 4.78 is 23.1. The highest BCUT2D eigenvalue weighted by atomic mass is 32.1. The highest BCUT2D eigenvalue weighted by Gasteiger charge is 2.25. The average Bonchev–Trinajstić information content (AvgIpc) is 2.83. The summed E-state index contributed by atoms with van der Waals surface area (Å²) in [6, 6.07) is 4.98. The van der Waals surface area contributed by atoms with E-state index in [0.29, 0.717) is 18.8 Å². The van der Waals surface area contributed by atoms with Crippen LogP contribution in [0.1, 0.15) is 12.6 Å². The Labute approximate surface area is 108 Å². The van der Waals surface area contributed by atoms with Gasteiger partial charge in [-0.1, -0.05) is 10.6 Å². The van der Waals surface area contributed by atoms with Crippen LogP contribution in [0.5, 0.6) is 5.75 Å². The van der Waals surface area contributed by atoms with Crippen LogP contribution >= 0.6 is 11.5 Å². The summed E-state index contributed by atoms with van der Waals surface area (Å²) in [6.45, 7) is 3.27. The Balaban J connectivity index is 1.94. The molecule has 94 valence electrons. The minimum Gasteiger partial charge on any atom is -0.484 e. The topological polar surface area (TPSA) is 38.2 Å². The Morgan fingerprint density at radius 1 is 1.56 bits per heavy atom. The predicted molar refractivity (Wildman–Crippen MR) is 67.4 cm³/mol. The summed E-state index contributed by atoms with van der Waals surface area (Å²) >= 11 is 1.32. The first-order valence-corrected chi connectivity index (χ1v) is 6.54. The number of anilines is 1. The Hall–Kier alpha value is -1.69. The molecule has 1 aliphatic heterocycles. The minimum atomic E-state index is -0.319. The van der Waals surface area contributed by atoms with Crippen molar-refractivity contribution in [1.82, 2.24) is 9.59 Å². The Kier molecular flexibility index (Phi) is 2.87. The number of benzene rings is 1. The zero-order valence-electron chi connectivity index (χ0n) is 9.84. The first-order valence-electron chi connectivity index (χ1n) is 5.70. The van der Waals surface area contributed by atoms with Gasteiger partial charge in [-0.05, 0) is 30.6 Å². The molecule has 0 N–H and O–H groups in total. The Bertz CT molecular complexity index is 546. The van der Waals surface area contributed by atoms with E-state index >= 15 is 0 Å². The summed E-state index contributed by atoms with van der Waals surface area (Å²) in [4.78, 5) is 2.07. The van der Waals surface area contributed by atoms with Crippen LogP contribution in [0.2, 0.25) is 0 Å². The molecule has 2 heterocycles. The van der Waals surface area contributed by atoms with E-state index in [4.69, 9.17) is 4.74 Å². The molecule has 1 aromatic heterocycles. The standard InChI is InChI=1S/C12H12FN3OS/c1-8-5-16(6-9-7-18-15-14-9)11-4-2-3-10(13)12(11)17-8/h2-4,7-8H,5-6H2,1H3/t8-/m0/s1. The van der Waals surface area contributed by atoms with Gasteiger partial charge in [0.1, 0.15) is 6.10 Å². The third-order valence-electron chi connectivity index (χ3n) is 2.84. The van der Waals surface area contributed by atoms with Gasteiger partial charge in [-0.3, -0.25) is 0 Å². The molecule has 1 aromatic carbocycles. The third-order valence-corrected chi connectivity index (χ3v) is 3.39. The van der Waals surface area contributed by atoms with Crippen LogP contribution in [0.3, 0.4) is 0 Å². The number of halogens is 1. The van der Waals surface area contributed by atoms with Crippen LogP contribution in [0.4, 0.5) is 10.1 Å². The van der Waals surface area contributed by atoms with Crippen molar-refractivity contribution in [3.8, 4) is 5.75 Å². The van der Waals surface area contributed by atoms with Crippen molar-refractivity contribution in [1.29, 1.82) is 0 Å². The van der Waals surface area contributed by atoms with E-state index in [2.05, 4.69) is 14.5 Å². The van der Waals surface area contributed by atoms with Gasteiger partial charge in [0.15, 0.2) is 11.6 Å². The van der Waals surface area contributed by atoms with Crippen LogP contribution in [0, 0.1) is 5.82 Å². The molecule has 0 amide bonds. The zero-order valence-corrected chi connectivity index (χ0v) is 10.7. The second kappa shape index (κ2) is 4.53. The molecule has 4 nitrogen and oxygen atoms in total. The fourth-order valence-electron chi connectivity index (χ4n) is 2.11. The molecular weight excluding hydrogens is 253 g/mol. The van der Waals surface area contributed by atoms with E-state index in [1.165, 1.54) is 17.6 Å². The van der Waals surface area contributed by atoms with Gasteiger partial charge in [-0.2, -0.15) is 0 Å². The summed E-state index contributed by atoms with van der Waals surface area (Å²) in [6.07, 6.45) is -0.0407. The Morgan fingerprint density at radius 2 is 2.44 bits per heavy atom. The van der Waals surface area contributed by atoms with E-state index in [1.807, 2.05) is 18.4 Å². The largest absolute Gasteiger partial charge is 0.484 e. The second-order valence-electron chi connectivity index (χ2n) is 4.29. The monoisotopic (exact) mass is 265 g/mol. The van der Waals surface area contributed by atoms with Crippen molar-refractivity contribution in [3.05, 3.63) is 35.1 Å². The van der Waals surface area contributed by atoms with Crippen molar-refractivity contribution >= 4 is 17.2 Å². The van der Waals surface area contributed by atoms with E-state index in [0.717, 1.165) is 11.4 Å². The van der Waals surface area contributed by atoms with Crippen molar-refractivity contribution in [3.63, 3.8) is 0 Å². The average molecular weight is 265 g/mol. The molecule has 0 unspecified atom stereocenters. The molecule has 6 heteroatoms. The molecule has 0 saturated heterocycles. The molecule has 2 aromatic rings. The number of hydrogen-bond acceptors (Lipinski definition) is 5. The third kappa shape index (κ3) is 2.03. The maximum absolute atomic E-state index is 13.7. The van der Waals surface area contributed by atoms with Gasteiger partial charge in [0.2, 0.25) is 0 Å². The first-order chi connectivity index (χ1) is 8.74. The van der Waals surface area contributed by atoms with Crippen molar-refractivity contribution in [2.24, 2.45) is 0 Å². The summed E-state index contributed by atoms with van der Waals surface area (Å²) in [5.74, 6) is 0.0138. The molecule has 3 rings (SSSR count). The van der Waals surface area contributed by atoms with Gasteiger partial charge >= 0.3 is 0 Å². The highest BCUT2D eigenvalue weighted by Crippen LogP contribution is 2.36. The lowest BCUT2D eigenvalue weighted by Gasteiger charge is -2.34. The lowest BCUT2D eigenvalue weighted by molar-refractivity contribution is 0.202. The quantitative estimate of drug-likeness (QED) is 0.836. The maximum Gasteiger partial charge on any atom is 0.178 e. The molecule has 0 bridgehead atoms. The van der Waals surface area contributed by atoms with E-state index in [1.54, 1.807) is 6.07 Å². The van der Waals surface area contributed by atoms with Crippen molar-refractivity contribution in [2.75, 3.05) is 11.4 Å². The van der Waals surface area contributed by atoms with Gasteiger partial charge in [0, 0.05) is 5.38 Å². The molecule has 1 aliphatic rings. The number of hydrogen-bond donors (Lipinski definition) is 0. The van der Waals surface area contributed by atoms with Crippen LogP contribution in [-0.4, -0.2) is 22.2 Å². The Morgan fingerprint density at radius 3 is 3.22 bits per heavy atom. The fraction of sp³-hybridized carbons (Fsp3) is 0.333. The lowest BCUT2D eigenvalue weighted by Crippen LogP contribution is -2.38. The van der Waals surface area contributed by atoms with Crippen LogP contribution in [0.25, 0.3) is 0 Å². The number of fused-ring (bicyclic) bond motifs is 1. The number of ether oxygens (including phenoxy) is 1. The van der Waals surface area contributed by atoms with Gasteiger partial charge < -0.3 is 9.64 Å². The van der Waals surface area contributed by atoms with Crippen molar-refractivity contribution < 1.29 is 9.13 Å². The fourth-order valence-corrected chi connectivity index (χ4v) is 2.55. The molecule has 0 saturated carbocycles. The number of rotatable bonds is 2. The molecule has 0 radical (unpaired) electrons. The summed E-state index contributed by atoms with van der Waals surface area (Å²) in [5, 5.41) is 5.92. The zero-order chi connectivity index (χ0) is 12.5. The maximum atomic E-state index is 13.7. The number of para-hydroxylation sites is 1. The number of aromatic nitrogens is 2. The molecule has 0 fully saturated rings. The summed E-state index contributed by atoms with van der Waals surface area (Å²) in [7, 11) is 0. The molecular formula is C12H12FN3OS. The van der Waals surface area contributed by atoms with Gasteiger partial charge in [-0.25, -0.2) is 4.39 Å². The van der Waals surface area contributed by atoms with Gasteiger partial charge in [-0.15, -0.1) is 5.10 Å². The van der Waals surface area contributed by atoms with Crippen LogP contribution in [0.15, 0.2) is 23.6 Å². The van der Waals surface area contributed by atoms with Crippen LogP contribution < -0.4 is 9.64 Å². The van der Waals surface area contributed by atoms with Gasteiger partial charge in [0.25, 0.3) is 0 Å². The second-order valence-corrected chi connectivity index (χ2v) is 4.90. The lowest BCUT2D eigenvalue weighted by atomic mass is 10.2. The minimum absolute atomic E-state index is 0.0407. The first kappa shape index (κ1) is 11.4. The smallest absolute Gasteiger partial charge is 0.178 e. The normalized spacial score (nSPS) is 18.3. The predicted octanol–water partition coefficient (Wildman–Crippen LogP) is 2.46. The van der Waals surface area contributed by atoms with Gasteiger partial charge in [0.05, 0.1) is 24.5 Å². The SMILES string of the molecule is C[C@H]1CN(Cc2csnn2)c2cccc(F)c2O1.